The fourth-order valence-corrected chi connectivity index (χ4v) is 2.67. The van der Waals surface area contributed by atoms with Gasteiger partial charge >= 0.3 is 11.7 Å². The molecule has 7 nitrogen and oxygen atoms in total. The minimum atomic E-state index is -0.991. The molecular formula is C17H15NO6. The van der Waals surface area contributed by atoms with Gasteiger partial charge in [0, 0.05) is 12.0 Å². The van der Waals surface area contributed by atoms with Gasteiger partial charge in [-0.05, 0) is 30.2 Å². The highest BCUT2D eigenvalue weighted by Crippen LogP contribution is 2.37. The summed E-state index contributed by atoms with van der Waals surface area (Å²) in [6.07, 6.45) is 0.691. The monoisotopic (exact) mass is 329 g/mol. The number of aromatic carboxylic acids is 1. The number of nitrogens with zero attached hydrogens (tertiary/aromatic N) is 1. The standard InChI is InChI=1S/C17H15NO6/c1-10-6-11(2-3-13(10)17(19)20)9-24-16-7-12-4-5-23-15(12)8-14(16)18(21)22/h2-3,6-8H,4-5,9H2,1H3,(H,19,20). The van der Waals surface area contributed by atoms with E-state index in [1.807, 2.05) is 0 Å². The van der Waals surface area contributed by atoms with E-state index in [0.717, 1.165) is 11.1 Å². The van der Waals surface area contributed by atoms with Crippen molar-refractivity contribution in [1.82, 2.24) is 0 Å². The Bertz CT molecular complexity index is 830. The van der Waals surface area contributed by atoms with E-state index in [0.29, 0.717) is 24.3 Å². The van der Waals surface area contributed by atoms with Crippen molar-refractivity contribution in [2.45, 2.75) is 20.0 Å². The zero-order chi connectivity index (χ0) is 17.3. The van der Waals surface area contributed by atoms with Crippen molar-refractivity contribution < 1.29 is 24.3 Å². The van der Waals surface area contributed by atoms with Crippen LogP contribution in [0, 0.1) is 17.0 Å². The summed E-state index contributed by atoms with van der Waals surface area (Å²) in [6, 6.07) is 7.86. The summed E-state index contributed by atoms with van der Waals surface area (Å²) in [4.78, 5) is 21.7. The minimum absolute atomic E-state index is 0.112. The summed E-state index contributed by atoms with van der Waals surface area (Å²) in [5, 5.41) is 20.2. The number of carbonyl (C=O) groups is 1. The molecule has 0 fully saturated rings. The number of carboxylic acid groups (broad SMARTS) is 1. The van der Waals surface area contributed by atoms with Crippen LogP contribution >= 0.6 is 0 Å². The zero-order valence-corrected chi connectivity index (χ0v) is 12.9. The second kappa shape index (κ2) is 6.19. The van der Waals surface area contributed by atoms with Crippen LogP contribution in [0.1, 0.15) is 27.0 Å². The number of ether oxygens (including phenoxy) is 2. The lowest BCUT2D eigenvalue weighted by atomic mass is 10.1. The zero-order valence-electron chi connectivity index (χ0n) is 12.9. The number of fused-ring (bicyclic) bond motifs is 1. The molecule has 24 heavy (non-hydrogen) atoms. The van der Waals surface area contributed by atoms with Crippen molar-refractivity contribution in [3.8, 4) is 11.5 Å². The van der Waals surface area contributed by atoms with Gasteiger partial charge in [-0.3, -0.25) is 10.1 Å². The number of benzene rings is 2. The van der Waals surface area contributed by atoms with Crippen LogP contribution in [0.5, 0.6) is 11.5 Å². The third-order valence-electron chi connectivity index (χ3n) is 3.88. The summed E-state index contributed by atoms with van der Waals surface area (Å²) in [5.74, 6) is -0.283. The molecule has 0 amide bonds. The Morgan fingerprint density at radius 2 is 2.17 bits per heavy atom. The largest absolute Gasteiger partial charge is 0.493 e. The van der Waals surface area contributed by atoms with Gasteiger partial charge in [0.2, 0.25) is 0 Å². The fraction of sp³-hybridized carbons (Fsp3) is 0.235. The van der Waals surface area contributed by atoms with E-state index in [9.17, 15) is 14.9 Å². The maximum Gasteiger partial charge on any atom is 0.335 e. The van der Waals surface area contributed by atoms with Gasteiger partial charge in [-0.25, -0.2) is 4.79 Å². The lowest BCUT2D eigenvalue weighted by Crippen LogP contribution is -2.03. The number of nitro groups is 1. The molecular weight excluding hydrogens is 314 g/mol. The number of hydrogen-bond acceptors (Lipinski definition) is 5. The summed E-state index contributed by atoms with van der Waals surface area (Å²) in [6.45, 7) is 2.31. The van der Waals surface area contributed by atoms with Gasteiger partial charge in [0.05, 0.1) is 23.2 Å². The number of nitro benzene ring substituents is 1. The summed E-state index contributed by atoms with van der Waals surface area (Å²) in [7, 11) is 0. The number of hydrogen-bond donors (Lipinski definition) is 1. The van der Waals surface area contributed by atoms with Gasteiger partial charge in [-0.2, -0.15) is 0 Å². The third-order valence-corrected chi connectivity index (χ3v) is 3.88. The van der Waals surface area contributed by atoms with Crippen molar-refractivity contribution in [3.63, 3.8) is 0 Å². The SMILES string of the molecule is Cc1cc(COc2cc3c(cc2[N+](=O)[O-])OCC3)ccc1C(=O)O. The van der Waals surface area contributed by atoms with E-state index in [-0.39, 0.29) is 23.6 Å². The first-order valence-corrected chi connectivity index (χ1v) is 7.35. The lowest BCUT2D eigenvalue weighted by molar-refractivity contribution is -0.386. The van der Waals surface area contributed by atoms with Crippen LogP contribution in [0.4, 0.5) is 5.69 Å². The van der Waals surface area contributed by atoms with E-state index >= 15 is 0 Å². The van der Waals surface area contributed by atoms with E-state index in [4.69, 9.17) is 14.6 Å². The Morgan fingerprint density at radius 1 is 1.38 bits per heavy atom. The average molecular weight is 329 g/mol. The first-order valence-electron chi connectivity index (χ1n) is 7.35. The maximum atomic E-state index is 11.2. The van der Waals surface area contributed by atoms with Gasteiger partial charge < -0.3 is 14.6 Å². The van der Waals surface area contributed by atoms with Gasteiger partial charge in [0.15, 0.2) is 5.75 Å². The van der Waals surface area contributed by atoms with Crippen molar-refractivity contribution in [3.05, 3.63) is 62.7 Å². The molecule has 0 spiro atoms. The Balaban J connectivity index is 1.83. The molecule has 1 N–H and O–H groups in total. The van der Waals surface area contributed by atoms with Gasteiger partial charge in [0.25, 0.3) is 0 Å². The first kappa shape index (κ1) is 15.8. The fourth-order valence-electron chi connectivity index (χ4n) is 2.67. The van der Waals surface area contributed by atoms with E-state index in [2.05, 4.69) is 0 Å². The Labute approximate surface area is 137 Å². The van der Waals surface area contributed by atoms with E-state index in [1.165, 1.54) is 12.1 Å². The second-order valence-corrected chi connectivity index (χ2v) is 5.53. The molecule has 0 aromatic heterocycles. The molecule has 0 unspecified atom stereocenters. The highest BCUT2D eigenvalue weighted by molar-refractivity contribution is 5.89. The van der Waals surface area contributed by atoms with Crippen LogP contribution < -0.4 is 9.47 Å². The predicted molar refractivity (Wildman–Crippen MR) is 84.8 cm³/mol. The minimum Gasteiger partial charge on any atom is -0.493 e. The molecule has 0 saturated heterocycles. The van der Waals surface area contributed by atoms with Crippen molar-refractivity contribution in [2.75, 3.05) is 6.61 Å². The van der Waals surface area contributed by atoms with Crippen LogP contribution in [-0.2, 0) is 13.0 Å². The van der Waals surface area contributed by atoms with Gasteiger partial charge in [-0.1, -0.05) is 12.1 Å². The quantitative estimate of drug-likeness (QED) is 0.668. The smallest absolute Gasteiger partial charge is 0.335 e. The molecule has 2 aromatic rings. The molecule has 7 heteroatoms. The lowest BCUT2D eigenvalue weighted by Gasteiger charge is -2.10. The molecule has 1 aliphatic heterocycles. The molecule has 3 rings (SSSR count). The Hall–Kier alpha value is -3.09. The molecule has 0 atom stereocenters. The molecule has 0 bridgehead atoms. The van der Waals surface area contributed by atoms with Crippen molar-refractivity contribution in [2.24, 2.45) is 0 Å². The molecule has 1 aliphatic rings. The van der Waals surface area contributed by atoms with Crippen LogP contribution in [-0.4, -0.2) is 22.6 Å². The molecule has 0 saturated carbocycles. The van der Waals surface area contributed by atoms with Crippen LogP contribution in [0.2, 0.25) is 0 Å². The van der Waals surface area contributed by atoms with Crippen molar-refractivity contribution >= 4 is 11.7 Å². The summed E-state index contributed by atoms with van der Waals surface area (Å²) >= 11 is 0. The van der Waals surface area contributed by atoms with Crippen LogP contribution in [0.3, 0.4) is 0 Å². The average Bonchev–Trinajstić information content (AvgIpc) is 2.98. The summed E-state index contributed by atoms with van der Waals surface area (Å²) < 4.78 is 11.0. The highest BCUT2D eigenvalue weighted by Gasteiger charge is 2.23. The predicted octanol–water partition coefficient (Wildman–Crippen LogP) is 3.12. The number of aryl methyl sites for hydroxylation is 1. The number of carboxylic acids is 1. The van der Waals surface area contributed by atoms with Crippen molar-refractivity contribution in [1.29, 1.82) is 0 Å². The van der Waals surface area contributed by atoms with Gasteiger partial charge in [0.1, 0.15) is 12.4 Å². The molecule has 1 heterocycles. The molecule has 0 radical (unpaired) electrons. The maximum absolute atomic E-state index is 11.2. The van der Waals surface area contributed by atoms with Gasteiger partial charge in [-0.15, -0.1) is 0 Å². The molecule has 124 valence electrons. The normalized spacial score (nSPS) is 12.4. The second-order valence-electron chi connectivity index (χ2n) is 5.53. The van der Waals surface area contributed by atoms with E-state index < -0.39 is 10.9 Å². The van der Waals surface area contributed by atoms with E-state index in [1.54, 1.807) is 25.1 Å². The highest BCUT2D eigenvalue weighted by atomic mass is 16.6. The summed E-state index contributed by atoms with van der Waals surface area (Å²) in [5.41, 5.74) is 2.31. The van der Waals surface area contributed by atoms with Crippen LogP contribution in [0.15, 0.2) is 30.3 Å². The first-order chi connectivity index (χ1) is 11.5. The molecule has 2 aromatic carbocycles. The third kappa shape index (κ3) is 3.01. The van der Waals surface area contributed by atoms with Crippen LogP contribution in [0.25, 0.3) is 0 Å². The Morgan fingerprint density at radius 3 is 2.83 bits per heavy atom. The number of rotatable bonds is 5. The Kier molecular flexibility index (Phi) is 4.07. The topological polar surface area (TPSA) is 98.9 Å². The molecule has 0 aliphatic carbocycles.